The summed E-state index contributed by atoms with van der Waals surface area (Å²) in [5.41, 5.74) is 9.51. The minimum absolute atomic E-state index is 0.172. The van der Waals surface area contributed by atoms with Crippen molar-refractivity contribution in [1.29, 1.82) is 0 Å². The highest BCUT2D eigenvalue weighted by molar-refractivity contribution is 6.30. The first-order valence-electron chi connectivity index (χ1n) is 6.15. The predicted octanol–water partition coefficient (Wildman–Crippen LogP) is 3.30. The van der Waals surface area contributed by atoms with Crippen LogP contribution in [0.4, 0.5) is 0 Å². The van der Waals surface area contributed by atoms with Gasteiger partial charge in [0.1, 0.15) is 0 Å². The van der Waals surface area contributed by atoms with Gasteiger partial charge in [-0.3, -0.25) is 4.68 Å². The molecule has 0 fully saturated rings. The summed E-state index contributed by atoms with van der Waals surface area (Å²) < 4.78 is 1.93. The third-order valence-corrected chi connectivity index (χ3v) is 3.28. The van der Waals surface area contributed by atoms with E-state index in [-0.39, 0.29) is 6.04 Å². The summed E-state index contributed by atoms with van der Waals surface area (Å²) in [5, 5.41) is 5.02. The molecule has 0 saturated carbocycles. The summed E-state index contributed by atoms with van der Waals surface area (Å²) in [6.07, 6.45) is 4.90. The smallest absolute Gasteiger partial charge is 0.0585 e. The lowest BCUT2D eigenvalue weighted by Crippen LogP contribution is -2.12. The number of aryl methyl sites for hydroxylation is 2. The van der Waals surface area contributed by atoms with Gasteiger partial charge in [-0.1, -0.05) is 24.6 Å². The predicted molar refractivity (Wildman–Crippen MR) is 74.7 cm³/mol. The van der Waals surface area contributed by atoms with Crippen LogP contribution in [0, 0.1) is 6.92 Å². The standard InChI is InChI=1S/C14H18ClN3/c1-3-6-18-9-11(8-17-18)14(16)13-7-12(15)5-4-10(13)2/h4-5,7-9,14H,3,6,16H2,1-2H3. The van der Waals surface area contributed by atoms with Gasteiger partial charge in [0, 0.05) is 23.3 Å². The van der Waals surface area contributed by atoms with Crippen molar-refractivity contribution in [3.8, 4) is 0 Å². The summed E-state index contributed by atoms with van der Waals surface area (Å²) >= 11 is 6.03. The van der Waals surface area contributed by atoms with Gasteiger partial charge in [0.15, 0.2) is 0 Å². The molecule has 2 rings (SSSR count). The van der Waals surface area contributed by atoms with E-state index >= 15 is 0 Å². The van der Waals surface area contributed by atoms with Crippen molar-refractivity contribution in [1.82, 2.24) is 9.78 Å². The average molecular weight is 264 g/mol. The molecule has 0 aliphatic carbocycles. The van der Waals surface area contributed by atoms with Crippen LogP contribution in [0.1, 0.15) is 36.1 Å². The molecule has 1 aromatic heterocycles. The molecule has 0 amide bonds. The zero-order chi connectivity index (χ0) is 13.1. The first-order chi connectivity index (χ1) is 8.61. The van der Waals surface area contributed by atoms with Gasteiger partial charge in [0.05, 0.1) is 12.2 Å². The average Bonchev–Trinajstić information content (AvgIpc) is 2.80. The third kappa shape index (κ3) is 2.74. The molecule has 96 valence electrons. The Hall–Kier alpha value is -1.32. The number of nitrogens with zero attached hydrogens (tertiary/aromatic N) is 2. The van der Waals surface area contributed by atoms with E-state index in [2.05, 4.69) is 12.0 Å². The topological polar surface area (TPSA) is 43.8 Å². The van der Waals surface area contributed by atoms with Gasteiger partial charge in [0.25, 0.3) is 0 Å². The molecule has 2 N–H and O–H groups in total. The second kappa shape index (κ2) is 5.55. The largest absolute Gasteiger partial charge is 0.320 e. The van der Waals surface area contributed by atoms with Crippen LogP contribution in [0.3, 0.4) is 0 Å². The lowest BCUT2D eigenvalue weighted by molar-refractivity contribution is 0.602. The zero-order valence-corrected chi connectivity index (χ0v) is 11.5. The van der Waals surface area contributed by atoms with Crippen molar-refractivity contribution in [2.24, 2.45) is 5.73 Å². The summed E-state index contributed by atoms with van der Waals surface area (Å²) in [7, 11) is 0. The molecule has 18 heavy (non-hydrogen) atoms. The van der Waals surface area contributed by atoms with Gasteiger partial charge in [-0.05, 0) is 36.6 Å². The van der Waals surface area contributed by atoms with Gasteiger partial charge < -0.3 is 5.73 Å². The van der Waals surface area contributed by atoms with Crippen molar-refractivity contribution < 1.29 is 0 Å². The van der Waals surface area contributed by atoms with Crippen molar-refractivity contribution in [3.05, 3.63) is 52.3 Å². The molecular formula is C14H18ClN3. The lowest BCUT2D eigenvalue weighted by atomic mass is 9.98. The fourth-order valence-electron chi connectivity index (χ4n) is 2.02. The highest BCUT2D eigenvalue weighted by Gasteiger charge is 2.13. The third-order valence-electron chi connectivity index (χ3n) is 3.04. The van der Waals surface area contributed by atoms with Crippen LogP contribution in [-0.4, -0.2) is 9.78 Å². The number of nitrogens with two attached hydrogens (primary N) is 1. The first kappa shape index (κ1) is 13.1. The monoisotopic (exact) mass is 263 g/mol. The van der Waals surface area contributed by atoms with Gasteiger partial charge in [0.2, 0.25) is 0 Å². The second-order valence-electron chi connectivity index (χ2n) is 4.52. The molecule has 1 heterocycles. The van der Waals surface area contributed by atoms with Gasteiger partial charge in [-0.2, -0.15) is 5.10 Å². The van der Waals surface area contributed by atoms with E-state index < -0.39 is 0 Å². The van der Waals surface area contributed by atoms with Gasteiger partial charge in [-0.25, -0.2) is 0 Å². The van der Waals surface area contributed by atoms with Crippen LogP contribution in [0.15, 0.2) is 30.6 Å². The molecule has 1 atom stereocenters. The summed E-state index contributed by atoms with van der Waals surface area (Å²) in [6, 6.07) is 5.63. The second-order valence-corrected chi connectivity index (χ2v) is 4.95. The van der Waals surface area contributed by atoms with Crippen molar-refractivity contribution in [2.45, 2.75) is 32.9 Å². The van der Waals surface area contributed by atoms with Crippen LogP contribution >= 0.6 is 11.6 Å². The molecule has 0 radical (unpaired) electrons. The fourth-order valence-corrected chi connectivity index (χ4v) is 2.20. The van der Waals surface area contributed by atoms with Crippen LogP contribution in [-0.2, 0) is 6.54 Å². The molecule has 0 bridgehead atoms. The maximum Gasteiger partial charge on any atom is 0.0585 e. The molecule has 4 heteroatoms. The molecule has 0 saturated heterocycles. The minimum atomic E-state index is -0.172. The summed E-state index contributed by atoms with van der Waals surface area (Å²) in [4.78, 5) is 0. The highest BCUT2D eigenvalue weighted by Crippen LogP contribution is 2.25. The molecule has 0 aliphatic rings. The Morgan fingerprint density at radius 3 is 2.94 bits per heavy atom. The van der Waals surface area contributed by atoms with E-state index in [1.165, 1.54) is 0 Å². The molecule has 1 unspecified atom stereocenters. The number of hydrogen-bond donors (Lipinski definition) is 1. The number of benzene rings is 1. The van der Waals surface area contributed by atoms with Crippen molar-refractivity contribution in [3.63, 3.8) is 0 Å². The lowest BCUT2D eigenvalue weighted by Gasteiger charge is -2.13. The maximum absolute atomic E-state index is 6.28. The van der Waals surface area contributed by atoms with Crippen LogP contribution < -0.4 is 5.73 Å². The number of halogens is 1. The Morgan fingerprint density at radius 2 is 2.22 bits per heavy atom. The van der Waals surface area contributed by atoms with Crippen LogP contribution in [0.2, 0.25) is 5.02 Å². The number of aromatic nitrogens is 2. The maximum atomic E-state index is 6.28. The SMILES string of the molecule is CCCn1cc(C(N)c2cc(Cl)ccc2C)cn1. The van der Waals surface area contributed by atoms with E-state index in [4.69, 9.17) is 17.3 Å². The van der Waals surface area contributed by atoms with E-state index in [1.807, 2.05) is 42.2 Å². The molecule has 0 spiro atoms. The highest BCUT2D eigenvalue weighted by atomic mass is 35.5. The molecule has 2 aromatic rings. The fraction of sp³-hybridized carbons (Fsp3) is 0.357. The van der Waals surface area contributed by atoms with Gasteiger partial charge in [-0.15, -0.1) is 0 Å². The Labute approximate surface area is 113 Å². The molecule has 3 nitrogen and oxygen atoms in total. The quantitative estimate of drug-likeness (QED) is 0.920. The number of rotatable bonds is 4. The Balaban J connectivity index is 2.29. The normalized spacial score (nSPS) is 12.7. The zero-order valence-electron chi connectivity index (χ0n) is 10.7. The van der Waals surface area contributed by atoms with E-state index in [0.29, 0.717) is 5.02 Å². The number of hydrogen-bond acceptors (Lipinski definition) is 2. The van der Waals surface area contributed by atoms with Crippen molar-refractivity contribution in [2.75, 3.05) is 0 Å². The van der Waals surface area contributed by atoms with Gasteiger partial charge >= 0.3 is 0 Å². The van der Waals surface area contributed by atoms with E-state index in [9.17, 15) is 0 Å². The Morgan fingerprint density at radius 1 is 1.44 bits per heavy atom. The van der Waals surface area contributed by atoms with E-state index in [1.54, 1.807) is 0 Å². The molecular weight excluding hydrogens is 246 g/mol. The molecule has 1 aromatic carbocycles. The Kier molecular flexibility index (Phi) is 4.04. The van der Waals surface area contributed by atoms with Crippen LogP contribution in [0.5, 0.6) is 0 Å². The summed E-state index contributed by atoms with van der Waals surface area (Å²) in [5.74, 6) is 0. The first-order valence-corrected chi connectivity index (χ1v) is 6.53. The molecule has 0 aliphatic heterocycles. The minimum Gasteiger partial charge on any atom is -0.320 e. The van der Waals surface area contributed by atoms with E-state index in [0.717, 1.165) is 29.7 Å². The van der Waals surface area contributed by atoms with Crippen molar-refractivity contribution >= 4 is 11.6 Å². The Bertz CT molecular complexity index is 534. The van der Waals surface area contributed by atoms with Crippen LogP contribution in [0.25, 0.3) is 0 Å². The summed E-state index contributed by atoms with van der Waals surface area (Å²) in [6.45, 7) is 5.09.